The normalized spacial score (nSPS) is 25.4. The zero-order chi connectivity index (χ0) is 20.0. The Kier molecular flexibility index (Phi) is 4.26. The summed E-state index contributed by atoms with van der Waals surface area (Å²) in [5, 5.41) is 11.9. The minimum absolute atomic E-state index is 0.0224. The van der Waals surface area contributed by atoms with Crippen LogP contribution in [0.2, 0.25) is 0 Å². The lowest BCUT2D eigenvalue weighted by molar-refractivity contribution is 0.0597. The van der Waals surface area contributed by atoms with Crippen molar-refractivity contribution in [3.05, 3.63) is 60.2 Å². The van der Waals surface area contributed by atoms with Gasteiger partial charge in [0.25, 0.3) is 5.91 Å². The highest BCUT2D eigenvalue weighted by molar-refractivity contribution is 5.98. The molecular weight excluding hydrogens is 366 g/mol. The number of amides is 1. The van der Waals surface area contributed by atoms with Crippen LogP contribution in [-0.2, 0) is 0 Å². The van der Waals surface area contributed by atoms with Gasteiger partial charge >= 0.3 is 0 Å². The first kappa shape index (κ1) is 17.8. The molecule has 1 aliphatic carbocycles. The molecule has 148 valence electrons. The van der Waals surface area contributed by atoms with E-state index in [0.29, 0.717) is 23.1 Å². The SMILES string of the molecule is Cc1cnc(NC2CC3CC2N(C(=O)c2ccccc2-n2nccn2)C3C)nc1. The molecule has 2 aliphatic rings. The summed E-state index contributed by atoms with van der Waals surface area (Å²) in [7, 11) is 0. The lowest BCUT2D eigenvalue weighted by Crippen LogP contribution is -2.51. The molecule has 3 aromatic rings. The summed E-state index contributed by atoms with van der Waals surface area (Å²) in [6.07, 6.45) is 8.86. The fraction of sp³-hybridized carbons (Fsp3) is 0.381. The average Bonchev–Trinajstić information content (AvgIpc) is 3.46. The predicted molar refractivity (Wildman–Crippen MR) is 108 cm³/mol. The van der Waals surface area contributed by atoms with E-state index in [1.807, 2.05) is 36.1 Å². The molecule has 1 N–H and O–H groups in total. The fourth-order valence-corrected chi connectivity index (χ4v) is 4.72. The topological polar surface area (TPSA) is 88.8 Å². The summed E-state index contributed by atoms with van der Waals surface area (Å²) in [5.41, 5.74) is 2.34. The molecule has 5 rings (SSSR count). The fourth-order valence-electron chi connectivity index (χ4n) is 4.72. The highest BCUT2D eigenvalue weighted by Gasteiger charge is 2.51. The monoisotopic (exact) mass is 389 g/mol. The van der Waals surface area contributed by atoms with Crippen LogP contribution in [0, 0.1) is 12.8 Å². The van der Waals surface area contributed by atoms with Crippen LogP contribution in [0.1, 0.15) is 35.7 Å². The van der Waals surface area contributed by atoms with Crippen LogP contribution in [0.5, 0.6) is 0 Å². The number of aromatic nitrogens is 5. The van der Waals surface area contributed by atoms with Crippen LogP contribution in [-0.4, -0.2) is 53.9 Å². The second-order valence-corrected chi connectivity index (χ2v) is 7.92. The summed E-state index contributed by atoms with van der Waals surface area (Å²) in [5.74, 6) is 1.12. The largest absolute Gasteiger partial charge is 0.349 e. The zero-order valence-corrected chi connectivity index (χ0v) is 16.4. The molecule has 8 heteroatoms. The van der Waals surface area contributed by atoms with Crippen LogP contribution >= 0.6 is 0 Å². The number of anilines is 1. The van der Waals surface area contributed by atoms with E-state index < -0.39 is 0 Å². The van der Waals surface area contributed by atoms with Crippen LogP contribution < -0.4 is 5.32 Å². The number of nitrogens with one attached hydrogen (secondary N) is 1. The summed E-state index contributed by atoms with van der Waals surface area (Å²) in [4.78, 5) is 25.9. The lowest BCUT2D eigenvalue weighted by Gasteiger charge is -2.38. The molecular formula is C21H23N7O. The van der Waals surface area contributed by atoms with E-state index >= 15 is 0 Å². The van der Waals surface area contributed by atoms with Crippen LogP contribution in [0.3, 0.4) is 0 Å². The maximum atomic E-state index is 13.6. The minimum Gasteiger partial charge on any atom is -0.349 e. The Bertz CT molecular complexity index is 1020. The summed E-state index contributed by atoms with van der Waals surface area (Å²) >= 11 is 0. The Balaban J connectivity index is 1.42. The molecule has 8 nitrogen and oxygen atoms in total. The van der Waals surface area contributed by atoms with Gasteiger partial charge < -0.3 is 10.2 Å². The van der Waals surface area contributed by atoms with Crippen LogP contribution in [0.4, 0.5) is 5.95 Å². The van der Waals surface area contributed by atoms with Gasteiger partial charge in [-0.2, -0.15) is 15.0 Å². The third-order valence-electron chi connectivity index (χ3n) is 6.14. The second-order valence-electron chi connectivity index (χ2n) is 7.92. The van der Waals surface area contributed by atoms with Crippen molar-refractivity contribution in [3.8, 4) is 5.69 Å². The van der Waals surface area contributed by atoms with Crippen molar-refractivity contribution < 1.29 is 4.79 Å². The number of benzene rings is 1. The van der Waals surface area contributed by atoms with Gasteiger partial charge in [-0.05, 0) is 50.3 Å². The molecule has 4 atom stereocenters. The number of para-hydroxylation sites is 1. The molecule has 1 amide bonds. The Labute approximate surface area is 169 Å². The van der Waals surface area contributed by atoms with Gasteiger partial charge in [-0.1, -0.05) is 12.1 Å². The maximum Gasteiger partial charge on any atom is 0.256 e. The summed E-state index contributed by atoms with van der Waals surface area (Å²) in [6, 6.07) is 7.98. The molecule has 0 radical (unpaired) electrons. The Hall–Kier alpha value is -3.29. The van der Waals surface area contributed by atoms with Crippen molar-refractivity contribution >= 4 is 11.9 Å². The van der Waals surface area contributed by atoms with E-state index in [4.69, 9.17) is 0 Å². The molecule has 2 aromatic heterocycles. The molecule has 3 heterocycles. The molecule has 0 spiro atoms. The first-order valence-corrected chi connectivity index (χ1v) is 9.95. The minimum atomic E-state index is 0.0224. The number of hydrogen-bond acceptors (Lipinski definition) is 6. The third-order valence-corrected chi connectivity index (χ3v) is 6.14. The quantitative estimate of drug-likeness (QED) is 0.737. The van der Waals surface area contributed by atoms with Crippen molar-refractivity contribution in [1.82, 2.24) is 29.9 Å². The van der Waals surface area contributed by atoms with Crippen molar-refractivity contribution in [2.45, 2.75) is 44.8 Å². The first-order chi connectivity index (χ1) is 14.1. The molecule has 4 unspecified atom stereocenters. The molecule has 1 saturated carbocycles. The van der Waals surface area contributed by atoms with Crippen molar-refractivity contribution in [2.75, 3.05) is 5.32 Å². The van der Waals surface area contributed by atoms with E-state index in [1.165, 1.54) is 4.80 Å². The van der Waals surface area contributed by atoms with E-state index in [1.54, 1.807) is 24.8 Å². The summed E-state index contributed by atoms with van der Waals surface area (Å²) in [6.45, 7) is 4.12. The number of piperidine rings is 1. The van der Waals surface area contributed by atoms with Gasteiger partial charge in [-0.3, -0.25) is 4.79 Å². The molecule has 1 aliphatic heterocycles. The number of likely N-dealkylation sites (tertiary alicyclic amines) is 1. The predicted octanol–water partition coefficient (Wildman–Crippen LogP) is 2.47. The third kappa shape index (κ3) is 3.04. The Morgan fingerprint density at radius 2 is 1.83 bits per heavy atom. The van der Waals surface area contributed by atoms with Gasteiger partial charge in [-0.25, -0.2) is 9.97 Å². The standard InChI is InChI=1S/C21H23N7O/c1-13-11-22-21(23-12-13)26-17-9-15-10-19(17)27(14(15)2)20(29)16-5-3-4-6-18(16)28-24-7-8-25-28/h3-8,11-12,14-15,17,19H,9-10H2,1-2H3,(H,22,23,26). The van der Waals surface area contributed by atoms with Crippen molar-refractivity contribution in [1.29, 1.82) is 0 Å². The van der Waals surface area contributed by atoms with Crippen LogP contribution in [0.25, 0.3) is 5.69 Å². The van der Waals surface area contributed by atoms with Gasteiger partial charge in [0.05, 0.1) is 29.7 Å². The first-order valence-electron chi connectivity index (χ1n) is 9.95. The molecule has 1 aromatic carbocycles. The van der Waals surface area contributed by atoms with Crippen LogP contribution in [0.15, 0.2) is 49.1 Å². The van der Waals surface area contributed by atoms with Crippen molar-refractivity contribution in [2.24, 2.45) is 5.92 Å². The molecule has 29 heavy (non-hydrogen) atoms. The number of hydrogen-bond donors (Lipinski definition) is 1. The lowest BCUT2D eigenvalue weighted by atomic mass is 9.97. The van der Waals surface area contributed by atoms with Gasteiger partial charge in [-0.15, -0.1) is 0 Å². The number of nitrogens with zero attached hydrogens (tertiary/aromatic N) is 6. The van der Waals surface area contributed by atoms with E-state index in [9.17, 15) is 4.79 Å². The highest BCUT2D eigenvalue weighted by Crippen LogP contribution is 2.44. The number of fused-ring (bicyclic) bond motifs is 2. The van der Waals surface area contributed by atoms with Gasteiger partial charge in [0, 0.05) is 24.5 Å². The van der Waals surface area contributed by atoms with E-state index in [0.717, 1.165) is 18.4 Å². The molecule has 1 saturated heterocycles. The smallest absolute Gasteiger partial charge is 0.256 e. The summed E-state index contributed by atoms with van der Waals surface area (Å²) < 4.78 is 0. The Morgan fingerprint density at radius 1 is 1.10 bits per heavy atom. The van der Waals surface area contributed by atoms with E-state index in [2.05, 4.69) is 32.4 Å². The van der Waals surface area contributed by atoms with Gasteiger partial charge in [0.2, 0.25) is 5.95 Å². The average molecular weight is 389 g/mol. The second kappa shape index (κ2) is 6.95. The highest BCUT2D eigenvalue weighted by atomic mass is 16.2. The maximum absolute atomic E-state index is 13.6. The number of carbonyl (C=O) groups excluding carboxylic acids is 1. The molecule has 2 bridgehead atoms. The van der Waals surface area contributed by atoms with Crippen molar-refractivity contribution in [3.63, 3.8) is 0 Å². The zero-order valence-electron chi connectivity index (χ0n) is 16.4. The number of aryl methyl sites for hydroxylation is 1. The number of rotatable bonds is 4. The Morgan fingerprint density at radius 3 is 2.55 bits per heavy atom. The van der Waals surface area contributed by atoms with Gasteiger partial charge in [0.15, 0.2) is 0 Å². The number of carbonyl (C=O) groups is 1. The van der Waals surface area contributed by atoms with E-state index in [-0.39, 0.29) is 24.0 Å². The van der Waals surface area contributed by atoms with Gasteiger partial charge in [0.1, 0.15) is 0 Å². The molecule has 2 fully saturated rings.